The molecule has 1 aliphatic heterocycles. The maximum atomic E-state index is 12.6. The smallest absolute Gasteiger partial charge is 0.247 e. The fraction of sp³-hybridized carbons (Fsp3) is 0.438. The number of para-hydroxylation sites is 1. The number of nitrogens with zero attached hydrogens (tertiary/aromatic N) is 2. The first-order valence-corrected chi connectivity index (χ1v) is 10.2. The van der Waals surface area contributed by atoms with Gasteiger partial charge in [0.05, 0.1) is 30.1 Å². The second-order valence-electron chi connectivity index (χ2n) is 6.47. The van der Waals surface area contributed by atoms with E-state index in [4.69, 9.17) is 11.6 Å². The molecule has 1 atom stereocenters. The van der Waals surface area contributed by atoms with Crippen molar-refractivity contribution in [2.24, 2.45) is 0 Å². The third kappa shape index (κ3) is 4.76. The second kappa shape index (κ2) is 7.83. The molecule has 1 aromatic rings. The molecule has 148 valence electrons. The van der Waals surface area contributed by atoms with Crippen LogP contribution in [0.15, 0.2) is 24.3 Å². The van der Waals surface area contributed by atoms with Crippen LogP contribution in [0.5, 0.6) is 0 Å². The standard InChI is InChI=1S/C16H21ClN4O5S/c1-16(10-21(27(3,25)26)9-14(23)20(16)2)15(24)18-8-13(22)19-12-7-5-4-6-11(12)17/h4-7H,8-10H2,1-3H3,(H,18,24)(H,19,22). The quantitative estimate of drug-likeness (QED) is 0.694. The summed E-state index contributed by atoms with van der Waals surface area (Å²) in [6.07, 6.45) is 0.973. The predicted molar refractivity (Wildman–Crippen MR) is 101 cm³/mol. The van der Waals surface area contributed by atoms with Crippen molar-refractivity contribution in [3.63, 3.8) is 0 Å². The van der Waals surface area contributed by atoms with Gasteiger partial charge < -0.3 is 15.5 Å². The Kier molecular flexibility index (Phi) is 6.13. The molecule has 1 aliphatic rings. The summed E-state index contributed by atoms with van der Waals surface area (Å²) < 4.78 is 24.5. The Morgan fingerprint density at radius 2 is 1.93 bits per heavy atom. The Bertz CT molecular complexity index is 875. The number of likely N-dealkylation sites (N-methyl/N-ethyl adjacent to an activating group) is 1. The molecule has 1 fully saturated rings. The molecule has 27 heavy (non-hydrogen) atoms. The number of rotatable bonds is 5. The second-order valence-corrected chi connectivity index (χ2v) is 8.86. The summed E-state index contributed by atoms with van der Waals surface area (Å²) in [4.78, 5) is 38.0. The van der Waals surface area contributed by atoms with Gasteiger partial charge in [-0.1, -0.05) is 23.7 Å². The van der Waals surface area contributed by atoms with Crippen molar-refractivity contribution < 1.29 is 22.8 Å². The number of nitrogens with one attached hydrogen (secondary N) is 2. The topological polar surface area (TPSA) is 116 Å². The van der Waals surface area contributed by atoms with E-state index in [9.17, 15) is 22.8 Å². The summed E-state index contributed by atoms with van der Waals surface area (Å²) in [7, 11) is -2.23. The lowest BCUT2D eigenvalue weighted by atomic mass is 9.96. The van der Waals surface area contributed by atoms with E-state index in [1.807, 2.05) is 0 Å². The number of anilines is 1. The highest BCUT2D eigenvalue weighted by atomic mass is 35.5. The van der Waals surface area contributed by atoms with Gasteiger partial charge in [-0.25, -0.2) is 8.42 Å². The van der Waals surface area contributed by atoms with E-state index in [1.165, 1.54) is 18.9 Å². The Labute approximate surface area is 162 Å². The molecule has 0 saturated carbocycles. The maximum absolute atomic E-state index is 12.6. The van der Waals surface area contributed by atoms with E-state index in [0.29, 0.717) is 10.7 Å². The number of hydrogen-bond acceptors (Lipinski definition) is 5. The average Bonchev–Trinajstić information content (AvgIpc) is 2.58. The van der Waals surface area contributed by atoms with Gasteiger partial charge in [-0.3, -0.25) is 14.4 Å². The summed E-state index contributed by atoms with van der Waals surface area (Å²) in [6.45, 7) is 0.557. The number of benzene rings is 1. The van der Waals surface area contributed by atoms with Gasteiger partial charge in [0, 0.05) is 13.6 Å². The minimum atomic E-state index is -3.65. The molecular formula is C16H21ClN4O5S. The Morgan fingerprint density at radius 1 is 1.30 bits per heavy atom. The maximum Gasteiger partial charge on any atom is 0.247 e. The molecule has 2 rings (SSSR count). The monoisotopic (exact) mass is 416 g/mol. The summed E-state index contributed by atoms with van der Waals surface area (Å²) in [5.74, 6) is -1.66. The van der Waals surface area contributed by atoms with Crippen molar-refractivity contribution in [1.82, 2.24) is 14.5 Å². The minimum absolute atomic E-state index is 0.202. The summed E-state index contributed by atoms with van der Waals surface area (Å²) in [6, 6.07) is 6.63. The van der Waals surface area contributed by atoms with E-state index < -0.39 is 33.3 Å². The van der Waals surface area contributed by atoms with E-state index in [0.717, 1.165) is 10.6 Å². The van der Waals surface area contributed by atoms with Gasteiger partial charge in [0.2, 0.25) is 27.7 Å². The summed E-state index contributed by atoms with van der Waals surface area (Å²) in [5, 5.41) is 5.36. The van der Waals surface area contributed by atoms with Gasteiger partial charge in [0.15, 0.2) is 0 Å². The lowest BCUT2D eigenvalue weighted by Crippen LogP contribution is -2.68. The van der Waals surface area contributed by atoms with Crippen molar-refractivity contribution in [1.29, 1.82) is 0 Å². The molecule has 1 heterocycles. The molecule has 0 aromatic heterocycles. The third-order valence-corrected chi connectivity index (χ3v) is 5.95. The molecule has 0 bridgehead atoms. The molecule has 1 unspecified atom stereocenters. The van der Waals surface area contributed by atoms with Gasteiger partial charge in [-0.05, 0) is 19.1 Å². The van der Waals surface area contributed by atoms with Gasteiger partial charge in [0.1, 0.15) is 5.54 Å². The van der Waals surface area contributed by atoms with Crippen LogP contribution in [0.1, 0.15) is 6.92 Å². The van der Waals surface area contributed by atoms with Gasteiger partial charge in [-0.2, -0.15) is 4.31 Å². The summed E-state index contributed by atoms with van der Waals surface area (Å²) in [5.41, 5.74) is -1.04. The van der Waals surface area contributed by atoms with E-state index in [1.54, 1.807) is 24.3 Å². The molecule has 9 nitrogen and oxygen atoms in total. The van der Waals surface area contributed by atoms with Crippen LogP contribution in [0.4, 0.5) is 5.69 Å². The van der Waals surface area contributed by atoms with Crippen molar-refractivity contribution in [3.8, 4) is 0 Å². The van der Waals surface area contributed by atoms with Crippen LogP contribution < -0.4 is 10.6 Å². The van der Waals surface area contributed by atoms with Gasteiger partial charge in [0.25, 0.3) is 0 Å². The number of amides is 3. The van der Waals surface area contributed by atoms with Gasteiger partial charge >= 0.3 is 0 Å². The zero-order chi connectivity index (χ0) is 20.4. The number of sulfonamides is 1. The fourth-order valence-corrected chi connectivity index (χ4v) is 3.62. The van der Waals surface area contributed by atoms with Crippen LogP contribution >= 0.6 is 11.6 Å². The van der Waals surface area contributed by atoms with Crippen LogP contribution in [0.25, 0.3) is 0 Å². The molecule has 1 saturated heterocycles. The van der Waals surface area contributed by atoms with Crippen molar-refractivity contribution >= 4 is 45.0 Å². The van der Waals surface area contributed by atoms with Crippen molar-refractivity contribution in [3.05, 3.63) is 29.3 Å². The minimum Gasteiger partial charge on any atom is -0.345 e. The Balaban J connectivity index is 2.05. The summed E-state index contributed by atoms with van der Waals surface area (Å²) >= 11 is 5.96. The third-order valence-electron chi connectivity index (χ3n) is 4.43. The molecule has 3 amide bonds. The molecule has 11 heteroatoms. The van der Waals surface area contributed by atoms with Crippen LogP contribution in [-0.2, 0) is 24.4 Å². The zero-order valence-electron chi connectivity index (χ0n) is 15.2. The Morgan fingerprint density at radius 3 is 2.52 bits per heavy atom. The first-order valence-electron chi connectivity index (χ1n) is 7.99. The SMILES string of the molecule is CN1C(=O)CN(S(C)(=O)=O)CC1(C)C(=O)NCC(=O)Nc1ccccc1Cl. The van der Waals surface area contributed by atoms with Crippen LogP contribution in [-0.4, -0.2) is 73.8 Å². The lowest BCUT2D eigenvalue weighted by Gasteiger charge is -2.44. The lowest BCUT2D eigenvalue weighted by molar-refractivity contribution is -0.150. The van der Waals surface area contributed by atoms with Crippen LogP contribution in [0.3, 0.4) is 0 Å². The highest BCUT2D eigenvalue weighted by Gasteiger charge is 2.47. The first-order chi connectivity index (χ1) is 12.4. The molecule has 0 aliphatic carbocycles. The van der Waals surface area contributed by atoms with Crippen LogP contribution in [0.2, 0.25) is 5.02 Å². The normalized spacial score (nSPS) is 21.0. The van der Waals surface area contributed by atoms with E-state index in [-0.39, 0.29) is 19.6 Å². The highest BCUT2D eigenvalue weighted by molar-refractivity contribution is 7.88. The fourth-order valence-electron chi connectivity index (χ4n) is 2.60. The molecule has 0 spiro atoms. The molecule has 0 radical (unpaired) electrons. The average molecular weight is 417 g/mol. The van der Waals surface area contributed by atoms with Gasteiger partial charge in [-0.15, -0.1) is 0 Å². The molecule has 1 aromatic carbocycles. The molecular weight excluding hydrogens is 396 g/mol. The number of carbonyl (C=O) groups is 3. The number of piperazine rings is 1. The first kappa shape index (κ1) is 21.1. The zero-order valence-corrected chi connectivity index (χ0v) is 16.7. The van der Waals surface area contributed by atoms with Crippen molar-refractivity contribution in [2.75, 3.05) is 38.3 Å². The largest absolute Gasteiger partial charge is 0.345 e. The number of halogens is 1. The number of carbonyl (C=O) groups excluding carboxylic acids is 3. The van der Waals surface area contributed by atoms with Crippen LogP contribution in [0, 0.1) is 0 Å². The number of hydrogen-bond donors (Lipinski definition) is 2. The Hall–Kier alpha value is -2.17. The van der Waals surface area contributed by atoms with E-state index in [2.05, 4.69) is 10.6 Å². The van der Waals surface area contributed by atoms with E-state index >= 15 is 0 Å². The molecule has 2 N–H and O–H groups in total. The highest BCUT2D eigenvalue weighted by Crippen LogP contribution is 2.23. The van der Waals surface area contributed by atoms with Crippen molar-refractivity contribution in [2.45, 2.75) is 12.5 Å². The predicted octanol–water partition coefficient (Wildman–Crippen LogP) is -0.113.